The predicted molar refractivity (Wildman–Crippen MR) is 50.0 cm³/mol. The second-order valence-corrected chi connectivity index (χ2v) is 4.65. The van der Waals surface area contributed by atoms with Crippen LogP contribution in [0, 0.1) is 0 Å². The van der Waals surface area contributed by atoms with E-state index in [9.17, 15) is 8.42 Å². The third-order valence-electron chi connectivity index (χ3n) is 1.33. The first-order chi connectivity index (χ1) is 5.56. The van der Waals surface area contributed by atoms with Crippen molar-refractivity contribution >= 4 is 21.7 Å². The standard InChI is InChI=1S/C7H15ClO3S/c1-12(9,10)11-7-5-3-2-4-6-8/h2-7H2,1H3. The molecule has 0 spiro atoms. The summed E-state index contributed by atoms with van der Waals surface area (Å²) in [5.74, 6) is 0.674. The molecule has 5 heteroatoms. The molecule has 0 heterocycles. The second-order valence-electron chi connectivity index (χ2n) is 2.63. The summed E-state index contributed by atoms with van der Waals surface area (Å²) in [4.78, 5) is 0. The van der Waals surface area contributed by atoms with Gasteiger partial charge in [0.1, 0.15) is 0 Å². The van der Waals surface area contributed by atoms with Crippen LogP contribution in [-0.4, -0.2) is 27.2 Å². The Morgan fingerprint density at radius 2 is 1.75 bits per heavy atom. The van der Waals surface area contributed by atoms with E-state index in [-0.39, 0.29) is 0 Å². The number of alkyl halides is 1. The van der Waals surface area contributed by atoms with Crippen LogP contribution in [0.4, 0.5) is 0 Å². The van der Waals surface area contributed by atoms with Crippen LogP contribution in [0.5, 0.6) is 0 Å². The van der Waals surface area contributed by atoms with Gasteiger partial charge in [0.15, 0.2) is 0 Å². The van der Waals surface area contributed by atoms with E-state index >= 15 is 0 Å². The molecule has 0 radical (unpaired) electrons. The van der Waals surface area contributed by atoms with Crippen LogP contribution < -0.4 is 0 Å². The van der Waals surface area contributed by atoms with Crippen LogP contribution in [-0.2, 0) is 14.3 Å². The van der Waals surface area contributed by atoms with E-state index in [2.05, 4.69) is 4.18 Å². The van der Waals surface area contributed by atoms with E-state index in [1.54, 1.807) is 0 Å². The van der Waals surface area contributed by atoms with E-state index in [4.69, 9.17) is 11.6 Å². The third kappa shape index (κ3) is 10.2. The lowest BCUT2D eigenvalue weighted by Gasteiger charge is -1.99. The average Bonchev–Trinajstić information content (AvgIpc) is 1.94. The topological polar surface area (TPSA) is 43.4 Å². The Morgan fingerprint density at radius 3 is 2.25 bits per heavy atom. The number of unbranched alkanes of at least 4 members (excludes halogenated alkanes) is 3. The van der Waals surface area contributed by atoms with Gasteiger partial charge in [-0.1, -0.05) is 12.8 Å². The van der Waals surface area contributed by atoms with E-state index < -0.39 is 10.1 Å². The van der Waals surface area contributed by atoms with Crippen LogP contribution in [0.2, 0.25) is 0 Å². The zero-order chi connectivity index (χ0) is 9.45. The van der Waals surface area contributed by atoms with Crippen molar-refractivity contribution in [3.63, 3.8) is 0 Å². The van der Waals surface area contributed by atoms with Crippen molar-refractivity contribution in [2.24, 2.45) is 0 Å². The molecule has 0 aromatic rings. The highest BCUT2D eigenvalue weighted by atomic mass is 35.5. The largest absolute Gasteiger partial charge is 0.270 e. The SMILES string of the molecule is CS(=O)(=O)OCCCCCCCl. The lowest BCUT2D eigenvalue weighted by molar-refractivity contribution is 0.310. The number of rotatable bonds is 7. The summed E-state index contributed by atoms with van der Waals surface area (Å²) < 4.78 is 25.5. The molecule has 3 nitrogen and oxygen atoms in total. The molecule has 0 saturated heterocycles. The van der Waals surface area contributed by atoms with Gasteiger partial charge in [0.05, 0.1) is 12.9 Å². The maximum atomic E-state index is 10.5. The summed E-state index contributed by atoms with van der Waals surface area (Å²) in [6, 6.07) is 0. The van der Waals surface area contributed by atoms with Gasteiger partial charge < -0.3 is 0 Å². The quantitative estimate of drug-likeness (QED) is 0.369. The second kappa shape index (κ2) is 6.69. The average molecular weight is 215 g/mol. The Morgan fingerprint density at radius 1 is 1.17 bits per heavy atom. The van der Waals surface area contributed by atoms with Crippen LogP contribution in [0.3, 0.4) is 0 Å². The lowest BCUT2D eigenvalue weighted by Crippen LogP contribution is -2.03. The summed E-state index contributed by atoms with van der Waals surface area (Å²) in [5.41, 5.74) is 0. The highest BCUT2D eigenvalue weighted by Crippen LogP contribution is 2.02. The fourth-order valence-corrected chi connectivity index (χ4v) is 1.37. The van der Waals surface area contributed by atoms with E-state index in [0.717, 1.165) is 31.9 Å². The van der Waals surface area contributed by atoms with Crippen molar-refractivity contribution in [2.45, 2.75) is 25.7 Å². The highest BCUT2D eigenvalue weighted by Gasteiger charge is 1.99. The molecule has 0 atom stereocenters. The fraction of sp³-hybridized carbons (Fsp3) is 1.00. The van der Waals surface area contributed by atoms with Crippen molar-refractivity contribution < 1.29 is 12.6 Å². The van der Waals surface area contributed by atoms with Gasteiger partial charge in [-0.15, -0.1) is 11.6 Å². The van der Waals surface area contributed by atoms with E-state index in [1.807, 2.05) is 0 Å². The zero-order valence-corrected chi connectivity index (χ0v) is 8.83. The van der Waals surface area contributed by atoms with E-state index in [1.165, 1.54) is 0 Å². The lowest BCUT2D eigenvalue weighted by atomic mass is 10.2. The van der Waals surface area contributed by atoms with Gasteiger partial charge in [-0.3, -0.25) is 4.18 Å². The van der Waals surface area contributed by atoms with Gasteiger partial charge in [-0.2, -0.15) is 8.42 Å². The summed E-state index contributed by atoms with van der Waals surface area (Å²) in [6.07, 6.45) is 4.84. The smallest absolute Gasteiger partial charge is 0.264 e. The van der Waals surface area contributed by atoms with Gasteiger partial charge in [0, 0.05) is 5.88 Å². The first-order valence-electron chi connectivity index (χ1n) is 3.96. The van der Waals surface area contributed by atoms with Crippen LogP contribution in [0.1, 0.15) is 25.7 Å². The number of halogens is 1. The van der Waals surface area contributed by atoms with Crippen LogP contribution in [0.25, 0.3) is 0 Å². The number of hydrogen-bond acceptors (Lipinski definition) is 3. The minimum Gasteiger partial charge on any atom is -0.270 e. The van der Waals surface area contributed by atoms with Gasteiger partial charge in [-0.25, -0.2) is 0 Å². The molecule has 0 aliphatic carbocycles. The molecule has 0 saturated carbocycles. The molecule has 0 unspecified atom stereocenters. The van der Waals surface area contributed by atoms with Crippen molar-refractivity contribution in [1.82, 2.24) is 0 Å². The molecule has 0 amide bonds. The Balaban J connectivity index is 3.12. The van der Waals surface area contributed by atoms with Crippen molar-refractivity contribution in [3.05, 3.63) is 0 Å². The molecule has 0 rings (SSSR count). The summed E-state index contributed by atoms with van der Waals surface area (Å²) in [5, 5.41) is 0. The van der Waals surface area contributed by atoms with Gasteiger partial charge in [-0.05, 0) is 12.8 Å². The van der Waals surface area contributed by atoms with Crippen molar-refractivity contribution in [1.29, 1.82) is 0 Å². The maximum Gasteiger partial charge on any atom is 0.264 e. The monoisotopic (exact) mass is 214 g/mol. The third-order valence-corrected chi connectivity index (χ3v) is 2.19. The minimum atomic E-state index is -3.24. The molecule has 0 fully saturated rings. The molecular formula is C7H15ClO3S. The molecule has 0 bridgehead atoms. The maximum absolute atomic E-state index is 10.5. The van der Waals surface area contributed by atoms with Crippen molar-refractivity contribution in [3.8, 4) is 0 Å². The van der Waals surface area contributed by atoms with Gasteiger partial charge >= 0.3 is 0 Å². The Labute approximate surface area is 79.2 Å². The summed E-state index contributed by atoms with van der Waals surface area (Å²) in [7, 11) is -3.24. The Hall–Kier alpha value is 0.200. The molecule has 74 valence electrons. The Kier molecular flexibility index (Phi) is 6.80. The zero-order valence-electron chi connectivity index (χ0n) is 7.25. The molecule has 0 aliphatic heterocycles. The molecule has 0 aromatic carbocycles. The van der Waals surface area contributed by atoms with Crippen LogP contribution >= 0.6 is 11.6 Å². The van der Waals surface area contributed by atoms with E-state index in [0.29, 0.717) is 12.5 Å². The van der Waals surface area contributed by atoms with Crippen LogP contribution in [0.15, 0.2) is 0 Å². The van der Waals surface area contributed by atoms with Gasteiger partial charge in [0.2, 0.25) is 0 Å². The Bertz CT molecular complexity index is 189. The van der Waals surface area contributed by atoms with Crippen molar-refractivity contribution in [2.75, 3.05) is 18.7 Å². The first-order valence-corrected chi connectivity index (χ1v) is 6.32. The molecule has 0 aromatic heterocycles. The highest BCUT2D eigenvalue weighted by molar-refractivity contribution is 7.85. The first kappa shape index (κ1) is 12.2. The molecule has 0 N–H and O–H groups in total. The summed E-state index contributed by atoms with van der Waals surface area (Å²) >= 11 is 5.46. The number of hydrogen-bond donors (Lipinski definition) is 0. The van der Waals surface area contributed by atoms with Gasteiger partial charge in [0.25, 0.3) is 10.1 Å². The molecule has 0 aliphatic rings. The summed E-state index contributed by atoms with van der Waals surface area (Å²) in [6.45, 7) is 0.293. The normalized spacial score (nSPS) is 11.8. The minimum absolute atomic E-state index is 0.293. The predicted octanol–water partition coefficient (Wildman–Crippen LogP) is 1.76. The molecular weight excluding hydrogens is 200 g/mol. The fourth-order valence-electron chi connectivity index (χ4n) is 0.760. The molecule has 12 heavy (non-hydrogen) atoms.